The van der Waals surface area contributed by atoms with E-state index in [1.54, 1.807) is 19.1 Å². The molecule has 0 aliphatic rings. The largest absolute Gasteiger partial charge is 0.508 e. The van der Waals surface area contributed by atoms with Gasteiger partial charge in [-0.2, -0.15) is 0 Å². The van der Waals surface area contributed by atoms with Crippen LogP contribution in [0.5, 0.6) is 5.75 Å². The molecule has 0 saturated carbocycles. The molecule has 1 aromatic rings. The molecule has 0 aromatic heterocycles. The van der Waals surface area contributed by atoms with E-state index in [-0.39, 0.29) is 18.3 Å². The minimum absolute atomic E-state index is 0.0581. The number of rotatable bonds is 4. The van der Waals surface area contributed by atoms with Gasteiger partial charge in [0.25, 0.3) is 0 Å². The lowest BCUT2D eigenvalue weighted by molar-refractivity contribution is -0.146. The zero-order valence-corrected chi connectivity index (χ0v) is 8.51. The van der Waals surface area contributed by atoms with Crippen molar-refractivity contribution in [2.24, 2.45) is 0 Å². The first-order valence-corrected chi connectivity index (χ1v) is 4.76. The van der Waals surface area contributed by atoms with Crippen LogP contribution >= 0.6 is 0 Å². The Balaban J connectivity index is 2.50. The summed E-state index contributed by atoms with van der Waals surface area (Å²) in [5.74, 6) is -0.204. The number of carbonyl (C=O) groups excluding carboxylic acids is 1. The first-order valence-electron chi connectivity index (χ1n) is 4.76. The Morgan fingerprint density at radius 3 is 2.53 bits per heavy atom. The van der Waals surface area contributed by atoms with Crippen LogP contribution in [0.25, 0.3) is 0 Å². The number of esters is 1. The van der Waals surface area contributed by atoms with Crippen molar-refractivity contribution in [2.45, 2.75) is 19.4 Å². The predicted octanol–water partition coefficient (Wildman–Crippen LogP) is 1.38. The molecule has 4 heteroatoms. The van der Waals surface area contributed by atoms with Crippen molar-refractivity contribution < 1.29 is 19.7 Å². The lowest BCUT2D eigenvalue weighted by Crippen LogP contribution is -2.11. The van der Waals surface area contributed by atoms with Gasteiger partial charge in [0, 0.05) is 6.42 Å². The highest BCUT2D eigenvalue weighted by Crippen LogP contribution is 2.16. The number of ether oxygens (including phenoxy) is 1. The number of phenolic OH excluding ortho intramolecular Hbond substituents is 1. The fourth-order valence-electron chi connectivity index (χ4n) is 1.07. The molecule has 2 N–H and O–H groups in total. The summed E-state index contributed by atoms with van der Waals surface area (Å²) in [4.78, 5) is 10.8. The topological polar surface area (TPSA) is 66.8 Å². The SMILES string of the molecule is CCC(=O)OCC(O)c1ccc(O)cc1. The first-order chi connectivity index (χ1) is 7.13. The Hall–Kier alpha value is -1.55. The maximum atomic E-state index is 10.8. The Labute approximate surface area is 88.1 Å². The number of aromatic hydroxyl groups is 1. The minimum atomic E-state index is -0.846. The number of phenols is 1. The second-order valence-electron chi connectivity index (χ2n) is 3.14. The van der Waals surface area contributed by atoms with Crippen molar-refractivity contribution in [1.29, 1.82) is 0 Å². The molecule has 0 bridgehead atoms. The fraction of sp³-hybridized carbons (Fsp3) is 0.364. The van der Waals surface area contributed by atoms with Crippen molar-refractivity contribution in [1.82, 2.24) is 0 Å². The van der Waals surface area contributed by atoms with Crippen LogP contribution in [0.15, 0.2) is 24.3 Å². The molecule has 0 spiro atoms. The van der Waals surface area contributed by atoms with Gasteiger partial charge < -0.3 is 14.9 Å². The highest BCUT2D eigenvalue weighted by Gasteiger charge is 2.09. The van der Waals surface area contributed by atoms with E-state index < -0.39 is 6.10 Å². The summed E-state index contributed by atoms with van der Waals surface area (Å²) in [6, 6.07) is 6.11. The number of hydrogen-bond donors (Lipinski definition) is 2. The van der Waals surface area contributed by atoms with Gasteiger partial charge in [-0.15, -0.1) is 0 Å². The van der Waals surface area contributed by atoms with Crippen LogP contribution in [-0.2, 0) is 9.53 Å². The zero-order chi connectivity index (χ0) is 11.3. The Bertz CT molecular complexity index is 318. The smallest absolute Gasteiger partial charge is 0.305 e. The second-order valence-corrected chi connectivity index (χ2v) is 3.14. The fourth-order valence-corrected chi connectivity index (χ4v) is 1.07. The molecular weight excluding hydrogens is 196 g/mol. The standard InChI is InChI=1S/C11H14O4/c1-2-11(14)15-7-10(13)8-3-5-9(12)6-4-8/h3-6,10,12-13H,2,7H2,1H3. The van der Waals surface area contributed by atoms with E-state index in [2.05, 4.69) is 0 Å². The summed E-state index contributed by atoms with van der Waals surface area (Å²) in [6.45, 7) is 1.63. The molecule has 4 nitrogen and oxygen atoms in total. The van der Waals surface area contributed by atoms with Gasteiger partial charge in [-0.1, -0.05) is 19.1 Å². The molecule has 0 saturated heterocycles. The van der Waals surface area contributed by atoms with Crippen molar-refractivity contribution in [3.05, 3.63) is 29.8 Å². The van der Waals surface area contributed by atoms with E-state index in [9.17, 15) is 9.90 Å². The average Bonchev–Trinajstić information content (AvgIpc) is 2.26. The molecule has 82 valence electrons. The van der Waals surface area contributed by atoms with Gasteiger partial charge in [0.15, 0.2) is 0 Å². The lowest BCUT2D eigenvalue weighted by atomic mass is 10.1. The molecule has 1 atom stereocenters. The normalized spacial score (nSPS) is 12.1. The third kappa shape index (κ3) is 3.59. The molecule has 1 unspecified atom stereocenters. The highest BCUT2D eigenvalue weighted by molar-refractivity contribution is 5.68. The van der Waals surface area contributed by atoms with Crippen LogP contribution in [0.1, 0.15) is 25.0 Å². The third-order valence-electron chi connectivity index (χ3n) is 1.97. The van der Waals surface area contributed by atoms with E-state index >= 15 is 0 Å². The van der Waals surface area contributed by atoms with Crippen LogP contribution in [0.4, 0.5) is 0 Å². The number of carbonyl (C=O) groups is 1. The molecule has 1 rings (SSSR count). The summed E-state index contributed by atoms with van der Waals surface area (Å²) in [5, 5.41) is 18.6. The van der Waals surface area contributed by atoms with Gasteiger partial charge in [-0.25, -0.2) is 0 Å². The lowest BCUT2D eigenvalue weighted by Gasteiger charge is -2.11. The van der Waals surface area contributed by atoms with E-state index in [4.69, 9.17) is 9.84 Å². The van der Waals surface area contributed by atoms with Crippen LogP contribution in [0.2, 0.25) is 0 Å². The predicted molar refractivity (Wildman–Crippen MR) is 54.3 cm³/mol. The number of benzene rings is 1. The second kappa shape index (κ2) is 5.36. The summed E-state index contributed by atoms with van der Waals surface area (Å²) in [7, 11) is 0. The molecule has 0 heterocycles. The quantitative estimate of drug-likeness (QED) is 0.737. The van der Waals surface area contributed by atoms with Gasteiger partial charge >= 0.3 is 5.97 Å². The van der Waals surface area contributed by atoms with Gasteiger partial charge in [0.2, 0.25) is 0 Å². The summed E-state index contributed by atoms with van der Waals surface area (Å²) in [5.41, 5.74) is 0.608. The average molecular weight is 210 g/mol. The maximum Gasteiger partial charge on any atom is 0.305 e. The molecule has 0 fully saturated rings. The van der Waals surface area contributed by atoms with Crippen LogP contribution in [0.3, 0.4) is 0 Å². The molecule has 0 aliphatic carbocycles. The first kappa shape index (κ1) is 11.5. The van der Waals surface area contributed by atoms with Crippen molar-refractivity contribution >= 4 is 5.97 Å². The van der Waals surface area contributed by atoms with Gasteiger partial charge in [-0.3, -0.25) is 4.79 Å². The number of aliphatic hydroxyl groups excluding tert-OH is 1. The van der Waals surface area contributed by atoms with Crippen molar-refractivity contribution in [3.8, 4) is 5.75 Å². The Morgan fingerprint density at radius 2 is 2.00 bits per heavy atom. The van der Waals surface area contributed by atoms with Crippen molar-refractivity contribution in [2.75, 3.05) is 6.61 Å². The molecular formula is C11H14O4. The Kier molecular flexibility index (Phi) is 4.12. The molecule has 1 aromatic carbocycles. The van der Waals surface area contributed by atoms with Crippen LogP contribution < -0.4 is 0 Å². The summed E-state index contributed by atoms with van der Waals surface area (Å²) >= 11 is 0. The number of hydrogen-bond acceptors (Lipinski definition) is 4. The molecule has 0 amide bonds. The minimum Gasteiger partial charge on any atom is -0.508 e. The molecule has 0 radical (unpaired) electrons. The van der Waals surface area contributed by atoms with E-state index in [1.807, 2.05) is 0 Å². The molecule has 0 aliphatic heterocycles. The van der Waals surface area contributed by atoms with Gasteiger partial charge in [0.1, 0.15) is 18.5 Å². The van der Waals surface area contributed by atoms with Crippen molar-refractivity contribution in [3.63, 3.8) is 0 Å². The van der Waals surface area contributed by atoms with E-state index in [0.29, 0.717) is 12.0 Å². The maximum absolute atomic E-state index is 10.8. The van der Waals surface area contributed by atoms with E-state index in [1.165, 1.54) is 12.1 Å². The highest BCUT2D eigenvalue weighted by atomic mass is 16.5. The third-order valence-corrected chi connectivity index (χ3v) is 1.97. The monoisotopic (exact) mass is 210 g/mol. The zero-order valence-electron chi connectivity index (χ0n) is 8.51. The summed E-state index contributed by atoms with van der Waals surface area (Å²) < 4.78 is 4.79. The van der Waals surface area contributed by atoms with Crippen LogP contribution in [-0.4, -0.2) is 22.8 Å². The van der Waals surface area contributed by atoms with Gasteiger partial charge in [0.05, 0.1) is 0 Å². The van der Waals surface area contributed by atoms with E-state index in [0.717, 1.165) is 0 Å². The summed E-state index contributed by atoms with van der Waals surface area (Å²) in [6.07, 6.45) is -0.552. The molecule has 15 heavy (non-hydrogen) atoms. The van der Waals surface area contributed by atoms with Crippen LogP contribution in [0, 0.1) is 0 Å². The Morgan fingerprint density at radius 1 is 1.40 bits per heavy atom. The van der Waals surface area contributed by atoms with Gasteiger partial charge in [-0.05, 0) is 17.7 Å². The number of aliphatic hydroxyl groups is 1.